The van der Waals surface area contributed by atoms with Crippen molar-refractivity contribution in [3.63, 3.8) is 0 Å². The van der Waals surface area contributed by atoms with Gasteiger partial charge in [-0.05, 0) is 39.7 Å². The Bertz CT molecular complexity index is 235. The minimum Gasteiger partial charge on any atom is -0.465 e. The summed E-state index contributed by atoms with van der Waals surface area (Å²) in [6, 6.07) is 0. The summed E-state index contributed by atoms with van der Waals surface area (Å²) < 4.78 is 0. The summed E-state index contributed by atoms with van der Waals surface area (Å²) in [4.78, 5) is 10.5. The molecule has 88 valence electrons. The van der Waals surface area contributed by atoms with Gasteiger partial charge in [-0.1, -0.05) is 0 Å². The third-order valence-corrected chi connectivity index (χ3v) is 2.88. The molecule has 0 radical (unpaired) electrons. The Kier molecular flexibility index (Phi) is 3.57. The number of carboxylic acid groups (broad SMARTS) is 1. The van der Waals surface area contributed by atoms with Crippen molar-refractivity contribution in [2.45, 2.75) is 44.2 Å². The normalized spacial score (nSPS) is 26.6. The first-order valence-electron chi connectivity index (χ1n) is 5.27. The molecule has 1 rings (SSSR count). The van der Waals surface area contributed by atoms with Crippen molar-refractivity contribution in [3.05, 3.63) is 0 Å². The summed E-state index contributed by atoms with van der Waals surface area (Å²) in [7, 11) is 0. The van der Waals surface area contributed by atoms with Crippen LogP contribution in [0.4, 0.5) is 4.79 Å². The fraction of sp³-hybridized carbons (Fsp3) is 0.900. The van der Waals surface area contributed by atoms with Crippen LogP contribution in [0.1, 0.15) is 33.1 Å². The van der Waals surface area contributed by atoms with Crippen molar-refractivity contribution in [2.24, 2.45) is 0 Å². The van der Waals surface area contributed by atoms with Crippen LogP contribution in [0.2, 0.25) is 0 Å². The molecule has 1 fully saturated rings. The Morgan fingerprint density at radius 3 is 2.73 bits per heavy atom. The number of β-amino-alcohol motifs (C(OH)–C–C–N with tert-alkyl or cyclic N) is 1. The first-order valence-corrected chi connectivity index (χ1v) is 5.27. The minimum absolute atomic E-state index is 0.482. The molecule has 0 saturated carbocycles. The molecule has 1 aliphatic heterocycles. The number of hydrogen-bond donors (Lipinski definition) is 4. The zero-order valence-electron chi connectivity index (χ0n) is 9.34. The lowest BCUT2D eigenvalue weighted by Crippen LogP contribution is -2.44. The number of rotatable bonds is 4. The van der Waals surface area contributed by atoms with Gasteiger partial charge in [0.2, 0.25) is 0 Å². The lowest BCUT2D eigenvalue weighted by atomic mass is 9.89. The molecule has 0 aromatic carbocycles. The SMILES string of the molecule is CC(C)(CCC1(O)CCNC1)NC(=O)O. The molecule has 15 heavy (non-hydrogen) atoms. The van der Waals surface area contributed by atoms with Gasteiger partial charge in [0.25, 0.3) is 0 Å². The van der Waals surface area contributed by atoms with Crippen LogP contribution in [0.15, 0.2) is 0 Å². The molecule has 1 heterocycles. The average molecular weight is 216 g/mol. The first kappa shape index (κ1) is 12.3. The second-order valence-electron chi connectivity index (χ2n) is 4.97. The van der Waals surface area contributed by atoms with Crippen molar-refractivity contribution in [1.29, 1.82) is 0 Å². The minimum atomic E-state index is -1.02. The Morgan fingerprint density at radius 1 is 1.60 bits per heavy atom. The maximum absolute atomic E-state index is 10.5. The third-order valence-electron chi connectivity index (χ3n) is 2.88. The highest BCUT2D eigenvalue weighted by molar-refractivity contribution is 5.65. The molecule has 1 amide bonds. The summed E-state index contributed by atoms with van der Waals surface area (Å²) in [6.45, 7) is 5.10. The van der Waals surface area contributed by atoms with E-state index >= 15 is 0 Å². The van der Waals surface area contributed by atoms with Gasteiger partial charge in [0.1, 0.15) is 0 Å². The highest BCUT2D eigenvalue weighted by atomic mass is 16.4. The van der Waals surface area contributed by atoms with Gasteiger partial charge in [-0.25, -0.2) is 4.79 Å². The highest BCUT2D eigenvalue weighted by Crippen LogP contribution is 2.24. The van der Waals surface area contributed by atoms with E-state index in [1.807, 2.05) is 13.8 Å². The van der Waals surface area contributed by atoms with Crippen molar-refractivity contribution < 1.29 is 15.0 Å². The fourth-order valence-corrected chi connectivity index (χ4v) is 1.84. The van der Waals surface area contributed by atoms with Gasteiger partial charge in [-0.2, -0.15) is 0 Å². The molecule has 0 spiro atoms. The van der Waals surface area contributed by atoms with Crippen LogP contribution in [0.5, 0.6) is 0 Å². The molecule has 1 aliphatic rings. The molecule has 1 atom stereocenters. The first-order chi connectivity index (χ1) is 6.83. The van der Waals surface area contributed by atoms with Gasteiger partial charge in [0, 0.05) is 12.1 Å². The van der Waals surface area contributed by atoms with Crippen LogP contribution in [0, 0.1) is 0 Å². The predicted molar refractivity (Wildman–Crippen MR) is 56.9 cm³/mol. The van der Waals surface area contributed by atoms with E-state index in [-0.39, 0.29) is 0 Å². The molecule has 0 bridgehead atoms. The van der Waals surface area contributed by atoms with Crippen molar-refractivity contribution >= 4 is 6.09 Å². The van der Waals surface area contributed by atoms with Crippen molar-refractivity contribution in [1.82, 2.24) is 10.6 Å². The quantitative estimate of drug-likeness (QED) is 0.553. The van der Waals surface area contributed by atoms with E-state index in [9.17, 15) is 9.90 Å². The third kappa shape index (κ3) is 4.05. The Hall–Kier alpha value is -0.810. The van der Waals surface area contributed by atoms with E-state index in [1.54, 1.807) is 0 Å². The lowest BCUT2D eigenvalue weighted by Gasteiger charge is -2.29. The van der Waals surface area contributed by atoms with E-state index in [0.717, 1.165) is 13.0 Å². The monoisotopic (exact) mass is 216 g/mol. The van der Waals surface area contributed by atoms with E-state index in [0.29, 0.717) is 19.4 Å². The molecule has 0 aliphatic carbocycles. The summed E-state index contributed by atoms with van der Waals surface area (Å²) in [5.41, 5.74) is -1.14. The second kappa shape index (κ2) is 4.37. The highest BCUT2D eigenvalue weighted by Gasteiger charge is 2.33. The molecular formula is C10H20N2O3. The predicted octanol–water partition coefficient (Wildman–Crippen LogP) is 0.537. The molecule has 0 aromatic rings. The van der Waals surface area contributed by atoms with E-state index in [4.69, 9.17) is 5.11 Å². The van der Waals surface area contributed by atoms with Gasteiger partial charge >= 0.3 is 6.09 Å². The molecule has 5 nitrogen and oxygen atoms in total. The average Bonchev–Trinajstić information content (AvgIpc) is 2.48. The van der Waals surface area contributed by atoms with Crippen LogP contribution in [-0.4, -0.2) is 40.5 Å². The molecule has 5 heteroatoms. The summed E-state index contributed by atoms with van der Waals surface area (Å²) in [5, 5.41) is 24.2. The summed E-state index contributed by atoms with van der Waals surface area (Å²) >= 11 is 0. The maximum atomic E-state index is 10.5. The van der Waals surface area contributed by atoms with E-state index < -0.39 is 17.2 Å². The van der Waals surface area contributed by atoms with Crippen LogP contribution < -0.4 is 10.6 Å². The smallest absolute Gasteiger partial charge is 0.405 e. The van der Waals surface area contributed by atoms with Gasteiger partial charge < -0.3 is 20.8 Å². The van der Waals surface area contributed by atoms with Crippen LogP contribution >= 0.6 is 0 Å². The molecule has 0 aromatic heterocycles. The van der Waals surface area contributed by atoms with Gasteiger partial charge in [0.15, 0.2) is 0 Å². The maximum Gasteiger partial charge on any atom is 0.405 e. The van der Waals surface area contributed by atoms with E-state index in [1.165, 1.54) is 0 Å². The fourth-order valence-electron chi connectivity index (χ4n) is 1.84. The number of aliphatic hydroxyl groups is 1. The summed E-state index contributed by atoms with van der Waals surface area (Å²) in [6.07, 6.45) is 0.984. The Morgan fingerprint density at radius 2 is 2.27 bits per heavy atom. The van der Waals surface area contributed by atoms with Crippen molar-refractivity contribution in [2.75, 3.05) is 13.1 Å². The van der Waals surface area contributed by atoms with Crippen molar-refractivity contribution in [3.8, 4) is 0 Å². The number of amides is 1. The molecule has 1 unspecified atom stereocenters. The number of hydrogen-bond acceptors (Lipinski definition) is 3. The van der Waals surface area contributed by atoms with Crippen LogP contribution in [0.3, 0.4) is 0 Å². The molecule has 1 saturated heterocycles. The van der Waals surface area contributed by atoms with E-state index in [2.05, 4.69) is 10.6 Å². The Labute approximate surface area is 89.9 Å². The standard InChI is InChI=1S/C10H20N2O3/c1-9(2,12-8(13)14)3-4-10(15)5-6-11-7-10/h11-12,15H,3-7H2,1-2H3,(H,13,14). The molecular weight excluding hydrogens is 196 g/mol. The zero-order chi connectivity index (χ0) is 11.5. The topological polar surface area (TPSA) is 81.6 Å². The Balaban J connectivity index is 2.37. The number of nitrogens with one attached hydrogen (secondary N) is 2. The van der Waals surface area contributed by atoms with Crippen LogP contribution in [-0.2, 0) is 0 Å². The van der Waals surface area contributed by atoms with Gasteiger partial charge in [-0.15, -0.1) is 0 Å². The zero-order valence-corrected chi connectivity index (χ0v) is 9.34. The number of carbonyl (C=O) groups is 1. The largest absolute Gasteiger partial charge is 0.465 e. The molecule has 4 N–H and O–H groups in total. The van der Waals surface area contributed by atoms with Gasteiger partial charge in [0.05, 0.1) is 5.60 Å². The van der Waals surface area contributed by atoms with Gasteiger partial charge in [-0.3, -0.25) is 0 Å². The summed E-state index contributed by atoms with van der Waals surface area (Å²) in [5.74, 6) is 0. The van der Waals surface area contributed by atoms with Crippen LogP contribution in [0.25, 0.3) is 0 Å². The lowest BCUT2D eigenvalue weighted by molar-refractivity contribution is 0.0428. The second-order valence-corrected chi connectivity index (χ2v) is 4.97.